The molecule has 0 saturated heterocycles. The highest BCUT2D eigenvalue weighted by atomic mass is 16.5. The van der Waals surface area contributed by atoms with Crippen molar-refractivity contribution in [1.82, 2.24) is 18.7 Å². The van der Waals surface area contributed by atoms with Gasteiger partial charge in [-0.2, -0.15) is 0 Å². The number of imidazole rings is 1. The van der Waals surface area contributed by atoms with Crippen LogP contribution in [-0.4, -0.2) is 18.7 Å². The highest BCUT2D eigenvalue weighted by molar-refractivity contribution is 6.13. The van der Waals surface area contributed by atoms with Crippen LogP contribution in [0, 0.1) is 6.33 Å². The van der Waals surface area contributed by atoms with Gasteiger partial charge in [-0.05, 0) is 82.9 Å². The van der Waals surface area contributed by atoms with Crippen LogP contribution in [-0.2, 0) is 0 Å². The summed E-state index contributed by atoms with van der Waals surface area (Å²) in [6.07, 6.45) is 5.23. The van der Waals surface area contributed by atoms with Crippen LogP contribution < -0.4 is 14.0 Å². The van der Waals surface area contributed by atoms with E-state index in [1.165, 1.54) is 0 Å². The average Bonchev–Trinajstić information content (AvgIpc) is 2.49. The maximum absolute atomic E-state index is 9.14. The molecular formula is C66H43N5O2. The third kappa shape index (κ3) is 7.21. The first-order valence-electron chi connectivity index (χ1n) is 28.6. The minimum atomic E-state index is -0.578. The number of ether oxygens (including phenoxy) is 2. The van der Waals surface area contributed by atoms with Crippen molar-refractivity contribution in [3.05, 3.63) is 267 Å². The lowest BCUT2D eigenvalue weighted by molar-refractivity contribution is -0.571. The maximum atomic E-state index is 9.14. The molecule has 0 saturated carbocycles. The molecule has 0 spiro atoms. The standard InChI is InChI=1S/C66H43N5O2/c1-4-20-45(21-5-1)51-31-19-32-52(46-22-6-2-7-23-46)66(51)69-44-68(60-36-16-17-37-61(60)69)47-24-18-27-49(40-47)73-64-43-62-56(42-63(64)70-57-33-13-10-28-53(57)54-29-11-14-34-58(54)70)55-30-12-15-35-59(55)71(62)65-41-50(38-39-67-65)72-48-25-8-3-9-26-48/h1-43H/i1D,2D,4D,5D,6D,7D,20D,21D,22D,23D. The Morgan fingerprint density at radius 3 is 1.68 bits per heavy atom. The van der Waals surface area contributed by atoms with Crippen molar-refractivity contribution in [2.24, 2.45) is 0 Å². The molecule has 14 rings (SSSR count). The molecule has 10 aromatic carbocycles. The van der Waals surface area contributed by atoms with E-state index in [1.807, 2.05) is 127 Å². The van der Waals surface area contributed by atoms with Crippen LogP contribution in [0.1, 0.15) is 13.7 Å². The zero-order chi connectivity index (χ0) is 56.9. The Bertz CT molecular complexity index is 4820. The molecule has 0 radical (unpaired) electrons. The van der Waals surface area contributed by atoms with Crippen LogP contribution in [0.4, 0.5) is 0 Å². The number of hydrogen-bond donors (Lipinski definition) is 0. The van der Waals surface area contributed by atoms with Gasteiger partial charge in [0.15, 0.2) is 5.75 Å². The van der Waals surface area contributed by atoms with Crippen LogP contribution in [0.3, 0.4) is 0 Å². The topological polar surface area (TPSA) is 50.0 Å². The van der Waals surface area contributed by atoms with Gasteiger partial charge in [0.05, 0.1) is 63.9 Å². The minimum absolute atomic E-state index is 0.142. The number of pyridine rings is 1. The fourth-order valence-corrected chi connectivity index (χ4v) is 10.1. The SMILES string of the molecule is [2H]c1c([2H])c([2H])c(-c2cccc(-c3c([2H])c([2H])c([2H])c([2H])c3[2H])c2-[n+]2[c-]n(-c3cccc(Oc4cc5c(cc4-n4c6ccccc6c6ccccc64)c4ccccc4n5-c4cc(Oc5ccccc5)ccn4)c3)c3ccccc32)c([2H])c1[2H]. The van der Waals surface area contributed by atoms with Gasteiger partial charge in [0.1, 0.15) is 23.1 Å². The van der Waals surface area contributed by atoms with E-state index in [9.17, 15) is 0 Å². The molecule has 0 aliphatic carbocycles. The number of fused-ring (bicyclic) bond motifs is 7. The largest absolute Gasteiger partial charge is 0.457 e. The summed E-state index contributed by atoms with van der Waals surface area (Å²) >= 11 is 0. The van der Waals surface area contributed by atoms with E-state index < -0.39 is 60.4 Å². The lowest BCUT2D eigenvalue weighted by atomic mass is 9.95. The van der Waals surface area contributed by atoms with E-state index >= 15 is 0 Å². The molecule has 7 nitrogen and oxygen atoms in total. The molecule has 7 heteroatoms. The number of nitrogens with zero attached hydrogens (tertiary/aromatic N) is 5. The lowest BCUT2D eigenvalue weighted by Crippen LogP contribution is -2.31. The van der Waals surface area contributed by atoms with Crippen LogP contribution in [0.5, 0.6) is 23.0 Å². The summed E-state index contributed by atoms with van der Waals surface area (Å²) in [5.41, 5.74) is 6.38. The lowest BCUT2D eigenvalue weighted by Gasteiger charge is -2.17. The second-order valence-corrected chi connectivity index (χ2v) is 17.4. The second kappa shape index (κ2) is 17.5. The zero-order valence-electron chi connectivity index (χ0n) is 48.6. The summed E-state index contributed by atoms with van der Waals surface area (Å²) in [4.78, 5) is 4.91. The summed E-state index contributed by atoms with van der Waals surface area (Å²) in [5, 5.41) is 4.11. The first-order chi connectivity index (χ1) is 40.4. The van der Waals surface area contributed by atoms with Gasteiger partial charge in [0.25, 0.3) is 6.33 Å². The number of benzene rings is 10. The molecule has 0 aliphatic heterocycles. The van der Waals surface area contributed by atoms with Crippen molar-refractivity contribution in [2.75, 3.05) is 0 Å². The Hall–Kier alpha value is -9.98. The predicted octanol–water partition coefficient (Wildman–Crippen LogP) is 16.2. The van der Waals surface area contributed by atoms with E-state index in [1.54, 1.807) is 33.5 Å². The van der Waals surface area contributed by atoms with Crippen LogP contribution in [0.2, 0.25) is 0 Å². The predicted molar refractivity (Wildman–Crippen MR) is 294 cm³/mol. The van der Waals surface area contributed by atoms with Crippen molar-refractivity contribution < 1.29 is 27.7 Å². The molecule has 14 aromatic rings. The van der Waals surface area contributed by atoms with Crippen LogP contribution in [0.15, 0.2) is 261 Å². The van der Waals surface area contributed by atoms with Gasteiger partial charge in [0, 0.05) is 39.9 Å². The van der Waals surface area contributed by atoms with Crippen molar-refractivity contribution in [3.8, 4) is 68.1 Å². The molecule has 4 aromatic heterocycles. The highest BCUT2D eigenvalue weighted by Crippen LogP contribution is 2.43. The normalized spacial score (nSPS) is 13.5. The first-order valence-corrected chi connectivity index (χ1v) is 23.6. The third-order valence-corrected chi connectivity index (χ3v) is 13.2. The number of aromatic nitrogens is 5. The summed E-state index contributed by atoms with van der Waals surface area (Å²) in [5.74, 6) is 2.92. The van der Waals surface area contributed by atoms with Gasteiger partial charge in [-0.15, -0.1) is 0 Å². The zero-order valence-corrected chi connectivity index (χ0v) is 38.6. The molecular weight excluding hydrogens is 895 g/mol. The van der Waals surface area contributed by atoms with Gasteiger partial charge < -0.3 is 14.0 Å². The Kier molecular flexibility index (Phi) is 7.83. The second-order valence-electron chi connectivity index (χ2n) is 17.4. The van der Waals surface area contributed by atoms with E-state index in [0.29, 0.717) is 45.5 Å². The van der Waals surface area contributed by atoms with E-state index in [2.05, 4.69) is 64.0 Å². The molecule has 0 bridgehead atoms. The van der Waals surface area contributed by atoms with Gasteiger partial charge in [-0.1, -0.05) is 182 Å². The summed E-state index contributed by atoms with van der Waals surface area (Å²) in [6.45, 7) is 0. The van der Waals surface area contributed by atoms with Crippen LogP contribution in [0.25, 0.3) is 99.8 Å². The summed E-state index contributed by atoms with van der Waals surface area (Å²) in [7, 11) is 0. The Labute approximate surface area is 434 Å². The number of para-hydroxylation sites is 7. The fraction of sp³-hybridized carbons (Fsp3) is 0. The molecule has 0 atom stereocenters. The summed E-state index contributed by atoms with van der Waals surface area (Å²) < 4.78 is 110. The summed E-state index contributed by atoms with van der Waals surface area (Å²) in [6, 6.07) is 56.8. The van der Waals surface area contributed by atoms with Crippen molar-refractivity contribution in [2.45, 2.75) is 0 Å². The number of rotatable bonds is 10. The maximum Gasteiger partial charge on any atom is 0.269 e. The molecule has 0 unspecified atom stereocenters. The van der Waals surface area contributed by atoms with Crippen molar-refractivity contribution in [3.63, 3.8) is 0 Å². The molecule has 0 aliphatic rings. The average molecular weight is 948 g/mol. The monoisotopic (exact) mass is 947 g/mol. The number of hydrogen-bond acceptors (Lipinski definition) is 3. The Morgan fingerprint density at radius 1 is 0.438 bits per heavy atom. The van der Waals surface area contributed by atoms with Gasteiger partial charge >= 0.3 is 0 Å². The molecule has 0 fully saturated rings. The van der Waals surface area contributed by atoms with Gasteiger partial charge in [0.2, 0.25) is 0 Å². The Morgan fingerprint density at radius 2 is 1.00 bits per heavy atom. The molecule has 0 amide bonds. The molecule has 73 heavy (non-hydrogen) atoms. The molecule has 4 heterocycles. The quantitative estimate of drug-likeness (QED) is 0.101. The van der Waals surface area contributed by atoms with Crippen molar-refractivity contribution in [1.29, 1.82) is 0 Å². The third-order valence-electron chi connectivity index (χ3n) is 13.2. The van der Waals surface area contributed by atoms with Gasteiger partial charge in [-0.3, -0.25) is 13.7 Å². The van der Waals surface area contributed by atoms with E-state index in [4.69, 9.17) is 28.2 Å². The first kappa shape index (κ1) is 32.8. The van der Waals surface area contributed by atoms with Crippen molar-refractivity contribution >= 4 is 54.6 Å². The molecule has 344 valence electrons. The smallest absolute Gasteiger partial charge is 0.269 e. The highest BCUT2D eigenvalue weighted by Gasteiger charge is 2.23. The van der Waals surface area contributed by atoms with E-state index in [0.717, 1.165) is 49.3 Å². The fourth-order valence-electron chi connectivity index (χ4n) is 10.1. The van der Waals surface area contributed by atoms with Gasteiger partial charge in [-0.25, -0.2) is 4.98 Å². The van der Waals surface area contributed by atoms with Crippen LogP contribution >= 0.6 is 0 Å². The molecule has 0 N–H and O–H groups in total. The minimum Gasteiger partial charge on any atom is -0.457 e. The van der Waals surface area contributed by atoms with E-state index in [-0.39, 0.29) is 27.9 Å². The Balaban J connectivity index is 0.983.